The number of hydrogen-bond acceptors (Lipinski definition) is 3. The molecule has 0 saturated carbocycles. The lowest BCUT2D eigenvalue weighted by Crippen LogP contribution is -2.58. The molecule has 0 aliphatic carbocycles. The number of rotatable bonds is 5. The molecule has 0 amide bonds. The molecule has 0 aromatic carbocycles. The van der Waals surface area contributed by atoms with Gasteiger partial charge in [0.2, 0.25) is 0 Å². The van der Waals surface area contributed by atoms with Crippen molar-refractivity contribution in [3.63, 3.8) is 0 Å². The summed E-state index contributed by atoms with van der Waals surface area (Å²) in [6.07, 6.45) is 4.28. The second kappa shape index (κ2) is 6.88. The van der Waals surface area contributed by atoms with E-state index in [4.69, 9.17) is 0 Å². The van der Waals surface area contributed by atoms with Crippen LogP contribution in [0.15, 0.2) is 0 Å². The van der Waals surface area contributed by atoms with Gasteiger partial charge < -0.3 is 5.32 Å². The number of nitrogens with one attached hydrogen (secondary N) is 1. The Morgan fingerprint density at radius 1 is 1.06 bits per heavy atom. The van der Waals surface area contributed by atoms with Crippen molar-refractivity contribution >= 4 is 0 Å². The normalized spacial score (nSPS) is 28.3. The highest BCUT2D eigenvalue weighted by atomic mass is 15.3. The maximum Gasteiger partial charge on any atom is 0.0223 e. The van der Waals surface area contributed by atoms with Crippen molar-refractivity contribution in [2.24, 2.45) is 5.92 Å². The van der Waals surface area contributed by atoms with Gasteiger partial charge in [0.25, 0.3) is 0 Å². The third-order valence-corrected chi connectivity index (χ3v) is 4.48. The van der Waals surface area contributed by atoms with E-state index in [1.54, 1.807) is 0 Å². The van der Waals surface area contributed by atoms with Crippen molar-refractivity contribution in [1.29, 1.82) is 0 Å². The minimum atomic E-state index is 0.688. The first kappa shape index (κ1) is 14.3. The Labute approximate surface area is 113 Å². The Kier molecular flexibility index (Phi) is 5.46. The third-order valence-electron chi connectivity index (χ3n) is 4.48. The third kappa shape index (κ3) is 3.94. The van der Waals surface area contributed by atoms with Crippen LogP contribution in [0.2, 0.25) is 0 Å². The molecule has 2 rings (SSSR count). The van der Waals surface area contributed by atoms with Crippen LogP contribution in [0, 0.1) is 5.92 Å². The van der Waals surface area contributed by atoms with E-state index < -0.39 is 0 Å². The van der Waals surface area contributed by atoms with Crippen LogP contribution in [-0.4, -0.2) is 61.2 Å². The number of nitrogens with zero attached hydrogens (tertiary/aromatic N) is 2. The lowest BCUT2D eigenvalue weighted by molar-refractivity contribution is 0.0311. The van der Waals surface area contributed by atoms with Crippen LogP contribution >= 0.6 is 0 Å². The molecule has 2 saturated heterocycles. The van der Waals surface area contributed by atoms with E-state index in [0.29, 0.717) is 6.04 Å². The van der Waals surface area contributed by atoms with Crippen molar-refractivity contribution in [2.45, 2.75) is 52.1 Å². The molecule has 3 heteroatoms. The number of fused-ring (bicyclic) bond motifs is 1. The fourth-order valence-electron chi connectivity index (χ4n) is 3.29. The first-order valence-corrected chi connectivity index (χ1v) is 7.85. The Hall–Kier alpha value is -0.120. The molecule has 2 atom stereocenters. The summed E-state index contributed by atoms with van der Waals surface area (Å²) in [6.45, 7) is 14.4. The molecule has 18 heavy (non-hydrogen) atoms. The zero-order valence-electron chi connectivity index (χ0n) is 12.5. The minimum absolute atomic E-state index is 0.688. The van der Waals surface area contributed by atoms with Gasteiger partial charge in [-0.3, -0.25) is 9.80 Å². The van der Waals surface area contributed by atoms with Gasteiger partial charge in [-0.2, -0.15) is 0 Å². The van der Waals surface area contributed by atoms with Crippen LogP contribution in [0.5, 0.6) is 0 Å². The quantitative estimate of drug-likeness (QED) is 0.806. The summed E-state index contributed by atoms with van der Waals surface area (Å²) in [5.74, 6) is 0.757. The molecule has 0 spiro atoms. The average molecular weight is 253 g/mol. The molecule has 0 radical (unpaired) electrons. The van der Waals surface area contributed by atoms with Gasteiger partial charge in [0.15, 0.2) is 0 Å². The Bertz CT molecular complexity index is 242. The predicted octanol–water partition coefficient (Wildman–Crippen LogP) is 1.79. The average Bonchev–Trinajstić information content (AvgIpc) is 2.37. The monoisotopic (exact) mass is 253 g/mol. The summed E-state index contributed by atoms with van der Waals surface area (Å²) in [5.41, 5.74) is 0. The fourth-order valence-corrected chi connectivity index (χ4v) is 3.29. The van der Waals surface area contributed by atoms with E-state index in [1.165, 1.54) is 45.4 Å². The highest BCUT2D eigenvalue weighted by molar-refractivity contribution is 4.87. The first-order chi connectivity index (χ1) is 8.66. The van der Waals surface area contributed by atoms with Gasteiger partial charge in [-0.15, -0.1) is 0 Å². The zero-order chi connectivity index (χ0) is 13.0. The molecule has 3 nitrogen and oxygen atoms in total. The molecule has 0 bridgehead atoms. The van der Waals surface area contributed by atoms with E-state index in [2.05, 4.69) is 35.9 Å². The Balaban J connectivity index is 1.72. The molecule has 2 unspecified atom stereocenters. The van der Waals surface area contributed by atoms with Crippen molar-refractivity contribution < 1.29 is 0 Å². The lowest BCUT2D eigenvalue weighted by Gasteiger charge is -2.46. The SMILES string of the molecule is CC(C)CNCC(C)N1CCN2CCCCC2C1. The smallest absolute Gasteiger partial charge is 0.0223 e. The van der Waals surface area contributed by atoms with E-state index in [0.717, 1.165) is 25.0 Å². The predicted molar refractivity (Wildman–Crippen MR) is 78.0 cm³/mol. The molecule has 2 aliphatic heterocycles. The fraction of sp³-hybridized carbons (Fsp3) is 1.00. The molecule has 0 aromatic heterocycles. The summed E-state index contributed by atoms with van der Waals surface area (Å²) < 4.78 is 0. The van der Waals surface area contributed by atoms with Crippen LogP contribution in [0.4, 0.5) is 0 Å². The highest BCUT2D eigenvalue weighted by Gasteiger charge is 2.30. The van der Waals surface area contributed by atoms with Gasteiger partial charge in [-0.1, -0.05) is 20.3 Å². The highest BCUT2D eigenvalue weighted by Crippen LogP contribution is 2.21. The number of piperazine rings is 1. The van der Waals surface area contributed by atoms with Gasteiger partial charge in [-0.05, 0) is 38.8 Å². The second-order valence-electron chi connectivity index (χ2n) is 6.58. The van der Waals surface area contributed by atoms with Gasteiger partial charge in [0.05, 0.1) is 0 Å². The summed E-state index contributed by atoms with van der Waals surface area (Å²) in [7, 11) is 0. The van der Waals surface area contributed by atoms with E-state index in [1.807, 2.05) is 0 Å². The van der Waals surface area contributed by atoms with Crippen LogP contribution in [0.3, 0.4) is 0 Å². The second-order valence-corrected chi connectivity index (χ2v) is 6.58. The largest absolute Gasteiger partial charge is 0.315 e. The summed E-state index contributed by atoms with van der Waals surface area (Å²) >= 11 is 0. The van der Waals surface area contributed by atoms with Gasteiger partial charge in [-0.25, -0.2) is 0 Å². The van der Waals surface area contributed by atoms with Crippen LogP contribution < -0.4 is 5.32 Å². The summed E-state index contributed by atoms with van der Waals surface area (Å²) in [4.78, 5) is 5.41. The molecule has 2 aliphatic rings. The minimum Gasteiger partial charge on any atom is -0.315 e. The maximum absolute atomic E-state index is 3.60. The van der Waals surface area contributed by atoms with Gasteiger partial charge in [0, 0.05) is 38.3 Å². The maximum atomic E-state index is 3.60. The van der Waals surface area contributed by atoms with Crippen LogP contribution in [0.1, 0.15) is 40.0 Å². The summed E-state index contributed by atoms with van der Waals surface area (Å²) in [5, 5.41) is 3.60. The van der Waals surface area contributed by atoms with Gasteiger partial charge in [0.1, 0.15) is 0 Å². The van der Waals surface area contributed by atoms with Gasteiger partial charge >= 0.3 is 0 Å². The number of hydrogen-bond donors (Lipinski definition) is 1. The van der Waals surface area contributed by atoms with Crippen molar-refractivity contribution in [3.05, 3.63) is 0 Å². The zero-order valence-corrected chi connectivity index (χ0v) is 12.5. The molecular formula is C15H31N3. The molecule has 2 fully saturated rings. The lowest BCUT2D eigenvalue weighted by atomic mass is 9.99. The van der Waals surface area contributed by atoms with Crippen LogP contribution in [0.25, 0.3) is 0 Å². The van der Waals surface area contributed by atoms with E-state index >= 15 is 0 Å². The van der Waals surface area contributed by atoms with E-state index in [9.17, 15) is 0 Å². The summed E-state index contributed by atoms with van der Waals surface area (Å²) in [6, 6.07) is 1.54. The molecule has 106 valence electrons. The topological polar surface area (TPSA) is 18.5 Å². The molecular weight excluding hydrogens is 222 g/mol. The van der Waals surface area contributed by atoms with Crippen molar-refractivity contribution in [2.75, 3.05) is 39.3 Å². The van der Waals surface area contributed by atoms with Crippen molar-refractivity contribution in [3.8, 4) is 0 Å². The van der Waals surface area contributed by atoms with Crippen LogP contribution in [-0.2, 0) is 0 Å². The molecule has 0 aromatic rings. The van der Waals surface area contributed by atoms with Crippen molar-refractivity contribution in [1.82, 2.24) is 15.1 Å². The first-order valence-electron chi connectivity index (χ1n) is 7.85. The standard InChI is InChI=1S/C15H31N3/c1-13(2)10-16-11-14(3)18-9-8-17-7-5-4-6-15(17)12-18/h13-16H,4-12H2,1-3H3. The van der Waals surface area contributed by atoms with E-state index in [-0.39, 0.29) is 0 Å². The molecule has 1 N–H and O–H groups in total. The Morgan fingerprint density at radius 2 is 1.89 bits per heavy atom. The number of piperidine rings is 1. The molecule has 2 heterocycles. The Morgan fingerprint density at radius 3 is 2.67 bits per heavy atom.